The number of amides is 1. The maximum Gasteiger partial charge on any atom is 0.343 e. The molecule has 0 aromatic heterocycles. The minimum Gasteiger partial charge on any atom is -0.496 e. The van der Waals surface area contributed by atoms with Crippen LogP contribution >= 0.6 is 0 Å². The molecular weight excluding hydrogens is 533 g/mol. The number of hydrogen-bond donors (Lipinski definition) is 2. The molecule has 0 saturated heterocycles. The number of benzene rings is 4. The van der Waals surface area contributed by atoms with Gasteiger partial charge in [-0.1, -0.05) is 30.3 Å². The first-order chi connectivity index (χ1) is 20.0. The fraction of sp³-hybridized carbons (Fsp3) is 0.235. The largest absolute Gasteiger partial charge is 0.496 e. The van der Waals surface area contributed by atoms with Gasteiger partial charge in [-0.2, -0.15) is 0 Å². The number of anilines is 3. The van der Waals surface area contributed by atoms with Crippen LogP contribution in [0.3, 0.4) is 0 Å². The van der Waals surface area contributed by atoms with Gasteiger partial charge >= 0.3 is 5.97 Å². The lowest BCUT2D eigenvalue weighted by Gasteiger charge is -2.40. The number of carbonyl (C=O) groups is 2. The molecule has 216 valence electrons. The van der Waals surface area contributed by atoms with Gasteiger partial charge < -0.3 is 25.0 Å². The van der Waals surface area contributed by atoms with Gasteiger partial charge in [-0.15, -0.1) is 0 Å². The zero-order valence-corrected chi connectivity index (χ0v) is 24.6. The Hall–Kier alpha value is -4.85. The second kappa shape index (κ2) is 11.2. The van der Waals surface area contributed by atoms with E-state index in [0.717, 1.165) is 39.2 Å². The highest BCUT2D eigenvalue weighted by atomic mass is 19.1. The number of hydrogen-bond acceptors (Lipinski definition) is 6. The van der Waals surface area contributed by atoms with E-state index < -0.39 is 11.5 Å². The number of nitrogens with zero attached hydrogens (tertiary/aromatic N) is 1. The van der Waals surface area contributed by atoms with Crippen LogP contribution in [0.1, 0.15) is 40.9 Å². The third kappa shape index (κ3) is 5.40. The maximum absolute atomic E-state index is 14.1. The number of halogens is 1. The van der Waals surface area contributed by atoms with Crippen LogP contribution in [0.15, 0.2) is 72.8 Å². The fourth-order valence-electron chi connectivity index (χ4n) is 5.35. The van der Waals surface area contributed by atoms with Crippen molar-refractivity contribution >= 4 is 28.9 Å². The summed E-state index contributed by atoms with van der Waals surface area (Å²) in [5.41, 5.74) is 5.97. The van der Waals surface area contributed by atoms with E-state index in [1.165, 1.54) is 12.1 Å². The van der Waals surface area contributed by atoms with E-state index in [4.69, 9.17) is 9.47 Å². The van der Waals surface area contributed by atoms with Crippen molar-refractivity contribution in [3.05, 3.63) is 101 Å². The van der Waals surface area contributed by atoms with Crippen LogP contribution in [0, 0.1) is 19.7 Å². The first-order valence-electron chi connectivity index (χ1n) is 13.7. The smallest absolute Gasteiger partial charge is 0.343 e. The van der Waals surface area contributed by atoms with E-state index in [9.17, 15) is 14.0 Å². The van der Waals surface area contributed by atoms with Gasteiger partial charge in [0.05, 0.1) is 24.0 Å². The maximum atomic E-state index is 14.1. The molecule has 7 nitrogen and oxygen atoms in total. The summed E-state index contributed by atoms with van der Waals surface area (Å²) < 4.78 is 25.6. The van der Waals surface area contributed by atoms with Gasteiger partial charge in [-0.25, -0.2) is 9.18 Å². The van der Waals surface area contributed by atoms with E-state index in [2.05, 4.69) is 10.6 Å². The van der Waals surface area contributed by atoms with E-state index in [1.807, 2.05) is 58.0 Å². The van der Waals surface area contributed by atoms with E-state index in [1.54, 1.807) is 49.4 Å². The molecule has 4 aromatic carbocycles. The molecule has 0 aliphatic carbocycles. The number of carbonyl (C=O) groups excluding carboxylic acids is 2. The second-order valence-electron chi connectivity index (χ2n) is 11.0. The van der Waals surface area contributed by atoms with Crippen LogP contribution in [0.4, 0.5) is 21.5 Å². The predicted octanol–water partition coefficient (Wildman–Crippen LogP) is 7.12. The number of methoxy groups -OCH3 is 1. The molecule has 8 heteroatoms. The summed E-state index contributed by atoms with van der Waals surface area (Å²) in [6, 6.07) is 21.0. The molecule has 0 unspecified atom stereocenters. The lowest BCUT2D eigenvalue weighted by atomic mass is 9.91. The summed E-state index contributed by atoms with van der Waals surface area (Å²) in [6.45, 7) is 7.75. The van der Waals surface area contributed by atoms with Crippen molar-refractivity contribution in [3.63, 3.8) is 0 Å². The molecule has 5 rings (SSSR count). The molecule has 0 fully saturated rings. The van der Waals surface area contributed by atoms with Gasteiger partial charge in [-0.05, 0) is 80.8 Å². The number of aryl methyl sites for hydroxylation is 2. The zero-order chi connectivity index (χ0) is 30.2. The molecule has 4 aromatic rings. The van der Waals surface area contributed by atoms with Crippen molar-refractivity contribution in [2.24, 2.45) is 0 Å². The number of ether oxygens (including phenoxy) is 2. The van der Waals surface area contributed by atoms with Crippen molar-refractivity contribution in [2.45, 2.75) is 39.8 Å². The highest BCUT2D eigenvalue weighted by molar-refractivity contribution is 6.09. The summed E-state index contributed by atoms with van der Waals surface area (Å²) >= 11 is 0. The van der Waals surface area contributed by atoms with Crippen molar-refractivity contribution < 1.29 is 23.5 Å². The van der Waals surface area contributed by atoms with Gasteiger partial charge in [0.2, 0.25) is 0 Å². The minimum atomic E-state index is -0.784. The lowest BCUT2D eigenvalue weighted by Crippen LogP contribution is -2.52. The SMILES string of the molecule is COc1cc(OC(=O)c2ccccc2C)ccc1-c1ccc2c(c1CNc1cc(F)ccc1C)N(C)C(=O)C(C)(C)N2. The van der Waals surface area contributed by atoms with Crippen LogP contribution < -0.4 is 25.0 Å². The molecule has 42 heavy (non-hydrogen) atoms. The van der Waals surface area contributed by atoms with Crippen molar-refractivity contribution in [1.82, 2.24) is 0 Å². The summed E-state index contributed by atoms with van der Waals surface area (Å²) in [5, 5.41) is 6.73. The summed E-state index contributed by atoms with van der Waals surface area (Å²) in [4.78, 5) is 27.8. The second-order valence-corrected chi connectivity index (χ2v) is 11.0. The average molecular weight is 568 g/mol. The summed E-state index contributed by atoms with van der Waals surface area (Å²) in [7, 11) is 3.31. The van der Waals surface area contributed by atoms with Crippen molar-refractivity contribution in [2.75, 3.05) is 29.7 Å². The third-order valence-electron chi connectivity index (χ3n) is 7.60. The number of rotatable bonds is 7. The van der Waals surface area contributed by atoms with Gasteiger partial charge in [0.25, 0.3) is 5.91 Å². The summed E-state index contributed by atoms with van der Waals surface area (Å²) in [6.07, 6.45) is 0. The molecule has 0 radical (unpaired) electrons. The molecule has 0 bridgehead atoms. The topological polar surface area (TPSA) is 79.9 Å². The Bertz CT molecular complexity index is 1700. The number of fused-ring (bicyclic) bond motifs is 1. The van der Waals surface area contributed by atoms with Crippen LogP contribution in [0.2, 0.25) is 0 Å². The average Bonchev–Trinajstić information content (AvgIpc) is 2.96. The minimum absolute atomic E-state index is 0.0826. The zero-order valence-electron chi connectivity index (χ0n) is 24.6. The molecule has 1 aliphatic rings. The van der Waals surface area contributed by atoms with Gasteiger partial charge in [0.15, 0.2) is 0 Å². The Morgan fingerprint density at radius 1 is 0.976 bits per heavy atom. The van der Waals surface area contributed by atoms with E-state index in [0.29, 0.717) is 29.3 Å². The Kier molecular flexibility index (Phi) is 7.65. The fourth-order valence-corrected chi connectivity index (χ4v) is 5.35. The Morgan fingerprint density at radius 2 is 1.71 bits per heavy atom. The van der Waals surface area contributed by atoms with Crippen LogP contribution in [0.5, 0.6) is 11.5 Å². The normalized spacial score (nSPS) is 13.7. The Balaban J connectivity index is 1.58. The predicted molar refractivity (Wildman–Crippen MR) is 164 cm³/mol. The molecule has 0 saturated carbocycles. The van der Waals surface area contributed by atoms with Gasteiger partial charge in [-0.3, -0.25) is 4.79 Å². The highest BCUT2D eigenvalue weighted by Crippen LogP contribution is 2.45. The monoisotopic (exact) mass is 567 g/mol. The highest BCUT2D eigenvalue weighted by Gasteiger charge is 2.38. The first kappa shape index (κ1) is 28.7. The molecule has 0 atom stereocenters. The van der Waals surface area contributed by atoms with E-state index in [-0.39, 0.29) is 11.7 Å². The lowest BCUT2D eigenvalue weighted by molar-refractivity contribution is -0.121. The van der Waals surface area contributed by atoms with Crippen LogP contribution in [0.25, 0.3) is 11.1 Å². The van der Waals surface area contributed by atoms with Gasteiger partial charge in [0.1, 0.15) is 22.9 Å². The summed E-state index contributed by atoms with van der Waals surface area (Å²) in [5.74, 6) is -0.0489. The Morgan fingerprint density at radius 3 is 2.45 bits per heavy atom. The van der Waals surface area contributed by atoms with Crippen molar-refractivity contribution in [3.8, 4) is 22.6 Å². The number of likely N-dealkylation sites (N-methyl/N-ethyl adjacent to an activating group) is 1. The standard InChI is InChI=1S/C34H34FN3O4/c1-20-9-7-8-10-24(20)32(39)42-23-13-14-26(30(18-23)41-6)25-15-16-28-31(38(5)33(40)34(3,4)37-28)27(25)19-36-29-17-22(35)12-11-21(29)2/h7-18,36-37H,19H2,1-6H3. The molecule has 1 amide bonds. The quantitative estimate of drug-likeness (QED) is 0.183. The number of esters is 1. The molecule has 1 heterocycles. The van der Waals surface area contributed by atoms with E-state index >= 15 is 0 Å². The van der Waals surface area contributed by atoms with Gasteiger partial charge in [0, 0.05) is 36.5 Å². The number of nitrogens with one attached hydrogen (secondary N) is 2. The van der Waals surface area contributed by atoms with Crippen molar-refractivity contribution in [1.29, 1.82) is 0 Å². The van der Waals surface area contributed by atoms with Crippen LogP contribution in [-0.2, 0) is 11.3 Å². The van der Waals surface area contributed by atoms with Crippen LogP contribution in [-0.4, -0.2) is 31.6 Å². The molecular formula is C34H34FN3O4. The molecule has 0 spiro atoms. The first-order valence-corrected chi connectivity index (χ1v) is 13.7. The third-order valence-corrected chi connectivity index (χ3v) is 7.60. The Labute approximate surface area is 245 Å². The molecule has 2 N–H and O–H groups in total. The molecule has 1 aliphatic heterocycles.